The van der Waals surface area contributed by atoms with Crippen LogP contribution in [0.3, 0.4) is 0 Å². The van der Waals surface area contributed by atoms with Crippen LogP contribution in [0.15, 0.2) is 18.2 Å². The van der Waals surface area contributed by atoms with Crippen LogP contribution in [0.5, 0.6) is 5.75 Å². The summed E-state index contributed by atoms with van der Waals surface area (Å²) in [6, 6.07) is 5.13. The van der Waals surface area contributed by atoms with Crippen LogP contribution in [0.25, 0.3) is 0 Å². The number of halogens is 1. The molecule has 2 N–H and O–H groups in total. The van der Waals surface area contributed by atoms with Gasteiger partial charge in [-0.15, -0.1) is 0 Å². The molecule has 21 heavy (non-hydrogen) atoms. The summed E-state index contributed by atoms with van der Waals surface area (Å²) in [5.74, 6) is 0.884. The van der Waals surface area contributed by atoms with Crippen molar-refractivity contribution in [3.05, 3.63) is 28.8 Å². The molecule has 1 saturated heterocycles. The van der Waals surface area contributed by atoms with Crippen molar-refractivity contribution in [2.75, 3.05) is 13.1 Å². The molecule has 1 aliphatic heterocycles. The average molecular weight is 312 g/mol. The summed E-state index contributed by atoms with van der Waals surface area (Å²) in [7, 11) is 0. The number of likely N-dealkylation sites (tertiary alicyclic amines) is 1. The van der Waals surface area contributed by atoms with E-state index in [-0.39, 0.29) is 11.9 Å². The molecule has 1 aromatic carbocycles. The van der Waals surface area contributed by atoms with Gasteiger partial charge >= 0.3 is 6.09 Å². The molecule has 5 nitrogen and oxygen atoms in total. The molecule has 6 heteroatoms. The van der Waals surface area contributed by atoms with Gasteiger partial charge in [-0.2, -0.15) is 0 Å². The van der Waals surface area contributed by atoms with E-state index in [1.807, 2.05) is 6.07 Å². The van der Waals surface area contributed by atoms with Gasteiger partial charge < -0.3 is 19.8 Å². The number of carbonyl (C=O) groups is 1. The summed E-state index contributed by atoms with van der Waals surface area (Å²) in [5.41, 5.74) is 0.779. The number of fused-ring (bicyclic) bond motifs is 1. The topological polar surface area (TPSA) is 70.0 Å². The van der Waals surface area contributed by atoms with Crippen molar-refractivity contribution in [3.63, 3.8) is 0 Å². The molecule has 3 atom stereocenters. The van der Waals surface area contributed by atoms with E-state index in [0.717, 1.165) is 18.4 Å². The summed E-state index contributed by atoms with van der Waals surface area (Å²) < 4.78 is 5.90. The van der Waals surface area contributed by atoms with Gasteiger partial charge in [-0.05, 0) is 30.7 Å². The van der Waals surface area contributed by atoms with Crippen molar-refractivity contribution < 1.29 is 19.7 Å². The molecule has 2 fully saturated rings. The van der Waals surface area contributed by atoms with E-state index in [9.17, 15) is 9.90 Å². The third kappa shape index (κ3) is 2.94. The minimum absolute atomic E-state index is 0.0677. The predicted molar refractivity (Wildman–Crippen MR) is 77.5 cm³/mol. The molecule has 1 aliphatic carbocycles. The quantitative estimate of drug-likeness (QED) is 0.900. The fourth-order valence-corrected chi connectivity index (χ4v) is 3.60. The maximum absolute atomic E-state index is 11.0. The largest absolute Gasteiger partial charge is 0.506 e. The van der Waals surface area contributed by atoms with Crippen molar-refractivity contribution in [2.24, 2.45) is 11.8 Å². The molecule has 0 aromatic heterocycles. The number of amides is 1. The maximum atomic E-state index is 11.0. The summed E-state index contributed by atoms with van der Waals surface area (Å²) in [6.45, 7) is 1.61. The van der Waals surface area contributed by atoms with Crippen molar-refractivity contribution in [1.82, 2.24) is 4.90 Å². The molecule has 2 aliphatic rings. The summed E-state index contributed by atoms with van der Waals surface area (Å²) in [4.78, 5) is 12.4. The van der Waals surface area contributed by atoms with Gasteiger partial charge in [-0.3, -0.25) is 0 Å². The fourth-order valence-electron chi connectivity index (χ4n) is 3.42. The lowest BCUT2D eigenvalue weighted by Crippen LogP contribution is -2.28. The summed E-state index contributed by atoms with van der Waals surface area (Å²) >= 11 is 6.03. The molecule has 1 aromatic rings. The van der Waals surface area contributed by atoms with Crippen molar-refractivity contribution >= 4 is 17.7 Å². The maximum Gasteiger partial charge on any atom is 0.407 e. The first-order valence-corrected chi connectivity index (χ1v) is 7.48. The highest BCUT2D eigenvalue weighted by Gasteiger charge is 2.42. The monoisotopic (exact) mass is 311 g/mol. The molecule has 1 heterocycles. The second-order valence-corrected chi connectivity index (χ2v) is 6.24. The number of aromatic hydroxyl groups is 1. The van der Waals surface area contributed by atoms with E-state index in [2.05, 4.69) is 0 Å². The first-order chi connectivity index (χ1) is 10.0. The third-order valence-corrected chi connectivity index (χ3v) is 4.95. The summed E-state index contributed by atoms with van der Waals surface area (Å²) in [5, 5.41) is 18.9. The van der Waals surface area contributed by atoms with E-state index >= 15 is 0 Å². The Hall–Kier alpha value is -1.46. The Labute approximate surface area is 128 Å². The molecule has 114 valence electrons. The molecule has 3 rings (SSSR count). The SMILES string of the molecule is O=C(O)N1C[C@H]2CC(OCc3cccc(O)c3Cl)C[C@H]2C1. The lowest BCUT2D eigenvalue weighted by molar-refractivity contribution is 0.0375. The fraction of sp³-hybridized carbons (Fsp3) is 0.533. The van der Waals surface area contributed by atoms with Crippen molar-refractivity contribution in [1.29, 1.82) is 0 Å². The smallest absolute Gasteiger partial charge is 0.407 e. The number of rotatable bonds is 3. The molecule has 0 bridgehead atoms. The first-order valence-electron chi connectivity index (χ1n) is 7.10. The number of carboxylic acid groups (broad SMARTS) is 1. The van der Waals surface area contributed by atoms with Gasteiger partial charge in [0.2, 0.25) is 0 Å². The van der Waals surface area contributed by atoms with Crippen LogP contribution in [-0.4, -0.2) is 40.4 Å². The lowest BCUT2D eigenvalue weighted by atomic mass is 10.0. The van der Waals surface area contributed by atoms with Gasteiger partial charge in [0, 0.05) is 18.7 Å². The highest BCUT2D eigenvalue weighted by molar-refractivity contribution is 6.32. The van der Waals surface area contributed by atoms with Crippen LogP contribution >= 0.6 is 11.6 Å². The lowest BCUT2D eigenvalue weighted by Gasteiger charge is -2.17. The van der Waals surface area contributed by atoms with E-state index in [0.29, 0.717) is 36.6 Å². The van der Waals surface area contributed by atoms with Gasteiger partial charge in [0.25, 0.3) is 0 Å². The second-order valence-electron chi connectivity index (χ2n) is 5.86. The number of hydrogen-bond donors (Lipinski definition) is 2. The first kappa shape index (κ1) is 14.5. The van der Waals surface area contributed by atoms with Gasteiger partial charge in [0.05, 0.1) is 17.7 Å². The van der Waals surface area contributed by atoms with Crippen LogP contribution in [-0.2, 0) is 11.3 Å². The standard InChI is InChI=1S/C15H18ClNO4/c16-14-9(2-1-3-13(14)18)8-21-12-4-10-6-17(15(19)20)7-11(10)5-12/h1-3,10-12,18H,4-8H2,(H,19,20)/t10-,11+,12?. The zero-order chi connectivity index (χ0) is 15.0. The Bertz CT molecular complexity index is 536. The van der Waals surface area contributed by atoms with Gasteiger partial charge in [-0.1, -0.05) is 23.7 Å². The number of phenolic OH excluding ortho intramolecular Hbond substituents is 1. The number of hydrogen-bond acceptors (Lipinski definition) is 3. The van der Waals surface area contributed by atoms with Crippen LogP contribution in [0.2, 0.25) is 5.02 Å². The predicted octanol–water partition coefficient (Wildman–Crippen LogP) is 2.95. The zero-order valence-corrected chi connectivity index (χ0v) is 12.3. The normalized spacial score (nSPS) is 27.9. The van der Waals surface area contributed by atoms with Gasteiger partial charge in [0.15, 0.2) is 0 Å². The number of ether oxygens (including phenoxy) is 1. The zero-order valence-electron chi connectivity index (χ0n) is 11.5. The Morgan fingerprint density at radius 2 is 2.00 bits per heavy atom. The minimum Gasteiger partial charge on any atom is -0.506 e. The van der Waals surface area contributed by atoms with Crippen LogP contribution in [0.1, 0.15) is 18.4 Å². The van der Waals surface area contributed by atoms with Gasteiger partial charge in [0.1, 0.15) is 5.75 Å². The summed E-state index contributed by atoms with van der Waals surface area (Å²) in [6.07, 6.45) is 1.11. The minimum atomic E-state index is -0.826. The molecule has 1 unspecified atom stereocenters. The van der Waals surface area contributed by atoms with E-state index in [4.69, 9.17) is 21.4 Å². The molecule has 1 amide bonds. The van der Waals surface area contributed by atoms with E-state index in [1.54, 1.807) is 12.1 Å². The highest BCUT2D eigenvalue weighted by Crippen LogP contribution is 2.40. The van der Waals surface area contributed by atoms with E-state index in [1.165, 1.54) is 4.90 Å². The van der Waals surface area contributed by atoms with Crippen molar-refractivity contribution in [3.8, 4) is 5.75 Å². The number of nitrogens with zero attached hydrogens (tertiary/aromatic N) is 1. The second kappa shape index (κ2) is 5.73. The number of phenols is 1. The number of benzene rings is 1. The molecular formula is C15H18ClNO4. The Morgan fingerprint density at radius 1 is 1.33 bits per heavy atom. The highest BCUT2D eigenvalue weighted by atomic mass is 35.5. The molecular weight excluding hydrogens is 294 g/mol. The Kier molecular flexibility index (Phi) is 3.95. The van der Waals surface area contributed by atoms with Crippen LogP contribution < -0.4 is 0 Å². The third-order valence-electron chi connectivity index (χ3n) is 4.51. The van der Waals surface area contributed by atoms with Gasteiger partial charge in [-0.25, -0.2) is 4.79 Å². The molecule has 0 spiro atoms. The van der Waals surface area contributed by atoms with Crippen LogP contribution in [0, 0.1) is 11.8 Å². The molecule has 0 radical (unpaired) electrons. The van der Waals surface area contributed by atoms with E-state index < -0.39 is 6.09 Å². The Balaban J connectivity index is 1.53. The average Bonchev–Trinajstić information content (AvgIpc) is 2.98. The van der Waals surface area contributed by atoms with Crippen molar-refractivity contribution in [2.45, 2.75) is 25.6 Å². The molecule has 1 saturated carbocycles. The Morgan fingerprint density at radius 3 is 2.62 bits per heavy atom. The van der Waals surface area contributed by atoms with Crippen LogP contribution in [0.4, 0.5) is 4.79 Å².